The van der Waals surface area contributed by atoms with Gasteiger partial charge in [0.15, 0.2) is 6.61 Å². The van der Waals surface area contributed by atoms with Gasteiger partial charge in [-0.25, -0.2) is 4.79 Å². The number of piperidine rings is 1. The van der Waals surface area contributed by atoms with Crippen molar-refractivity contribution in [2.24, 2.45) is 5.16 Å². The van der Waals surface area contributed by atoms with Gasteiger partial charge in [0.05, 0.1) is 12.3 Å². The Morgan fingerprint density at radius 1 is 1.18 bits per heavy atom. The summed E-state index contributed by atoms with van der Waals surface area (Å²) >= 11 is 0. The third-order valence-corrected chi connectivity index (χ3v) is 6.04. The normalized spacial score (nSPS) is 22.9. The van der Waals surface area contributed by atoms with Crippen LogP contribution in [-0.4, -0.2) is 58.5 Å². The lowest BCUT2D eigenvalue weighted by molar-refractivity contribution is -0.139. The molecule has 1 fully saturated rings. The number of rotatable bonds is 4. The molecule has 2 aliphatic rings. The number of phenols is 2. The largest absolute Gasteiger partial charge is 0.508 e. The Morgan fingerprint density at radius 2 is 1.97 bits per heavy atom. The second-order valence-electron chi connectivity index (χ2n) is 8.55. The van der Waals surface area contributed by atoms with E-state index in [0.29, 0.717) is 17.7 Å². The molecule has 1 aromatic carbocycles. The van der Waals surface area contributed by atoms with Crippen molar-refractivity contribution in [2.45, 2.75) is 64.3 Å². The number of phenolic OH excluding ortho intramolecular Hbond substituents is 2. The highest BCUT2D eigenvalue weighted by Crippen LogP contribution is 2.29. The maximum atomic E-state index is 12.7. The minimum absolute atomic E-state index is 0.0184. The van der Waals surface area contributed by atoms with Gasteiger partial charge < -0.3 is 24.7 Å². The Morgan fingerprint density at radius 3 is 2.79 bits per heavy atom. The van der Waals surface area contributed by atoms with Crippen molar-refractivity contribution >= 4 is 17.6 Å². The summed E-state index contributed by atoms with van der Waals surface area (Å²) in [5.41, 5.74) is 0.796. The first-order valence-electron chi connectivity index (χ1n) is 12.0. The van der Waals surface area contributed by atoms with Crippen LogP contribution >= 0.6 is 0 Å². The number of carbonyl (C=O) groups is 2. The fourth-order valence-electron chi connectivity index (χ4n) is 4.31. The van der Waals surface area contributed by atoms with Crippen LogP contribution < -0.4 is 0 Å². The first-order chi connectivity index (χ1) is 16.5. The summed E-state index contributed by atoms with van der Waals surface area (Å²) in [6.07, 6.45) is 14.0. The molecule has 8 heteroatoms. The summed E-state index contributed by atoms with van der Waals surface area (Å²) in [7, 11) is 0. The lowest BCUT2D eigenvalue weighted by Gasteiger charge is -2.34. The molecule has 2 heterocycles. The molecule has 0 saturated carbocycles. The van der Waals surface area contributed by atoms with E-state index in [-0.39, 0.29) is 48.6 Å². The number of hydrogen-bond donors (Lipinski definition) is 2. The van der Waals surface area contributed by atoms with Gasteiger partial charge in [0.1, 0.15) is 17.1 Å². The van der Waals surface area contributed by atoms with Crippen molar-refractivity contribution < 1.29 is 29.4 Å². The third kappa shape index (κ3) is 7.10. The van der Waals surface area contributed by atoms with E-state index < -0.39 is 5.97 Å². The van der Waals surface area contributed by atoms with Crippen LogP contribution in [0.2, 0.25) is 0 Å². The number of cyclic esters (lactones) is 1. The van der Waals surface area contributed by atoms with E-state index in [1.807, 2.05) is 23.1 Å². The molecule has 1 amide bonds. The highest BCUT2D eigenvalue weighted by atomic mass is 16.6. The molecular weight excluding hydrogens is 436 g/mol. The molecule has 1 atom stereocenters. The van der Waals surface area contributed by atoms with E-state index in [2.05, 4.69) is 12.1 Å². The second kappa shape index (κ2) is 12.8. The number of nitrogens with zero attached hydrogens (tertiary/aromatic N) is 2. The predicted molar refractivity (Wildman–Crippen MR) is 129 cm³/mol. The SMILES string of the molecule is CCC1CCCCN1C(=O)CO/N=C1\C=C\CC/C=C/CCOC(=O)c2c(O)cc(O)cc2C1. The number of benzene rings is 1. The van der Waals surface area contributed by atoms with Gasteiger partial charge in [0.25, 0.3) is 5.91 Å². The van der Waals surface area contributed by atoms with Crippen LogP contribution in [-0.2, 0) is 20.8 Å². The first-order valence-corrected chi connectivity index (χ1v) is 12.0. The summed E-state index contributed by atoms with van der Waals surface area (Å²) in [4.78, 5) is 32.6. The average molecular weight is 471 g/mol. The number of allylic oxidation sites excluding steroid dienone is 3. The number of hydrogen-bond acceptors (Lipinski definition) is 7. The fraction of sp³-hybridized carbons (Fsp3) is 0.500. The highest BCUT2D eigenvalue weighted by Gasteiger charge is 2.25. The zero-order valence-corrected chi connectivity index (χ0v) is 19.7. The Bertz CT molecular complexity index is 953. The number of oxime groups is 1. The van der Waals surface area contributed by atoms with Gasteiger partial charge >= 0.3 is 5.97 Å². The third-order valence-electron chi connectivity index (χ3n) is 6.04. The number of fused-ring (bicyclic) bond motifs is 1. The molecule has 2 N–H and O–H groups in total. The summed E-state index contributed by atoms with van der Waals surface area (Å²) < 4.78 is 5.30. The molecule has 1 aromatic rings. The second-order valence-corrected chi connectivity index (χ2v) is 8.55. The molecule has 1 unspecified atom stereocenters. The molecule has 3 rings (SSSR count). The summed E-state index contributed by atoms with van der Waals surface area (Å²) in [5.74, 6) is -1.31. The Balaban J connectivity index is 1.80. The van der Waals surface area contributed by atoms with Crippen LogP contribution in [0.15, 0.2) is 41.6 Å². The van der Waals surface area contributed by atoms with E-state index in [4.69, 9.17) is 9.57 Å². The van der Waals surface area contributed by atoms with Crippen LogP contribution in [0.1, 0.15) is 67.8 Å². The Labute approximate surface area is 200 Å². The molecule has 0 bridgehead atoms. The van der Waals surface area contributed by atoms with Gasteiger partial charge in [-0.1, -0.05) is 30.3 Å². The molecule has 1 saturated heterocycles. The standard InChI is InChI=1S/C26H34N2O6/c1-2-21-12-8-9-13-28(21)24(31)18-34-27-20-11-7-5-3-4-6-10-14-33-26(32)25-19(15-20)16-22(29)17-23(25)30/h4,6-7,11,16-17,21,29-30H,2-3,5,8-10,12-15,18H2,1H3/b6-4+,11-7+,27-20+. The molecule has 0 spiro atoms. The van der Waals surface area contributed by atoms with Crippen molar-refractivity contribution in [3.8, 4) is 11.5 Å². The maximum Gasteiger partial charge on any atom is 0.342 e. The van der Waals surface area contributed by atoms with Gasteiger partial charge in [-0.05, 0) is 62.7 Å². The highest BCUT2D eigenvalue weighted by molar-refractivity contribution is 6.00. The molecule has 0 radical (unpaired) electrons. The van der Waals surface area contributed by atoms with E-state index in [1.54, 1.807) is 6.08 Å². The van der Waals surface area contributed by atoms with Crippen molar-refractivity contribution in [1.82, 2.24) is 4.90 Å². The molecule has 184 valence electrons. The van der Waals surface area contributed by atoms with Crippen LogP contribution in [0.5, 0.6) is 11.5 Å². The summed E-state index contributed by atoms with van der Waals surface area (Å²) in [5, 5.41) is 24.5. The minimum atomic E-state index is -0.673. The summed E-state index contributed by atoms with van der Waals surface area (Å²) in [6.45, 7) is 2.83. The Kier molecular flexibility index (Phi) is 9.55. The topological polar surface area (TPSA) is 109 Å². The van der Waals surface area contributed by atoms with Crippen LogP contribution in [0, 0.1) is 0 Å². The number of carbonyl (C=O) groups excluding carboxylic acids is 2. The number of esters is 1. The van der Waals surface area contributed by atoms with Gasteiger partial charge in [-0.15, -0.1) is 0 Å². The van der Waals surface area contributed by atoms with E-state index in [9.17, 15) is 19.8 Å². The predicted octanol–water partition coefficient (Wildman–Crippen LogP) is 4.26. The fourth-order valence-corrected chi connectivity index (χ4v) is 4.31. The van der Waals surface area contributed by atoms with E-state index >= 15 is 0 Å². The van der Waals surface area contributed by atoms with Crippen molar-refractivity contribution in [3.63, 3.8) is 0 Å². The number of ether oxygens (including phenoxy) is 1. The number of likely N-dealkylation sites (tertiary alicyclic amines) is 1. The first kappa shape index (κ1) is 25.3. The van der Waals surface area contributed by atoms with E-state index in [1.165, 1.54) is 6.07 Å². The number of aromatic hydroxyl groups is 2. The van der Waals surface area contributed by atoms with Gasteiger partial charge in [0, 0.05) is 25.1 Å². The van der Waals surface area contributed by atoms with Gasteiger partial charge in [0.2, 0.25) is 0 Å². The number of amides is 1. The van der Waals surface area contributed by atoms with E-state index in [0.717, 1.165) is 51.1 Å². The molecule has 0 aliphatic carbocycles. The van der Waals surface area contributed by atoms with Crippen molar-refractivity contribution in [3.05, 3.63) is 47.6 Å². The molecular formula is C26H34N2O6. The van der Waals surface area contributed by atoms with Gasteiger partial charge in [-0.3, -0.25) is 4.79 Å². The molecule has 2 aliphatic heterocycles. The van der Waals surface area contributed by atoms with Crippen molar-refractivity contribution in [2.75, 3.05) is 19.8 Å². The van der Waals surface area contributed by atoms with Gasteiger partial charge in [-0.2, -0.15) is 0 Å². The quantitative estimate of drug-likeness (QED) is 0.387. The average Bonchev–Trinajstić information content (AvgIpc) is 2.81. The summed E-state index contributed by atoms with van der Waals surface area (Å²) in [6, 6.07) is 2.74. The van der Waals surface area contributed by atoms with Crippen LogP contribution in [0.25, 0.3) is 0 Å². The lowest BCUT2D eigenvalue weighted by Crippen LogP contribution is -2.44. The smallest absolute Gasteiger partial charge is 0.342 e. The van der Waals surface area contributed by atoms with Crippen molar-refractivity contribution in [1.29, 1.82) is 0 Å². The Hall–Kier alpha value is -3.29. The molecule has 0 aromatic heterocycles. The zero-order chi connectivity index (χ0) is 24.3. The zero-order valence-electron chi connectivity index (χ0n) is 19.7. The van der Waals surface area contributed by atoms with Crippen LogP contribution in [0.4, 0.5) is 0 Å². The molecule has 34 heavy (non-hydrogen) atoms. The maximum absolute atomic E-state index is 12.7. The molecule has 8 nitrogen and oxygen atoms in total. The lowest BCUT2D eigenvalue weighted by atomic mass is 9.99. The monoisotopic (exact) mass is 470 g/mol. The van der Waals surface area contributed by atoms with Crippen LogP contribution in [0.3, 0.4) is 0 Å². The minimum Gasteiger partial charge on any atom is -0.508 e.